The van der Waals surface area contributed by atoms with E-state index in [2.05, 4.69) is 16.3 Å². The number of esters is 1. The van der Waals surface area contributed by atoms with E-state index in [4.69, 9.17) is 4.74 Å². The summed E-state index contributed by atoms with van der Waals surface area (Å²) in [6, 6.07) is 6.30. The molecule has 0 amide bonds. The smallest absolute Gasteiger partial charge is 0.338 e. The van der Waals surface area contributed by atoms with Gasteiger partial charge < -0.3 is 15.0 Å². The first kappa shape index (κ1) is 13.4. The summed E-state index contributed by atoms with van der Waals surface area (Å²) in [6.07, 6.45) is 2.57. The minimum atomic E-state index is -0.264. The molecule has 1 N–H and O–H groups in total. The highest BCUT2D eigenvalue weighted by atomic mass is 16.5. The maximum atomic E-state index is 11.7. The van der Waals surface area contributed by atoms with Crippen molar-refractivity contribution >= 4 is 11.7 Å². The summed E-state index contributed by atoms with van der Waals surface area (Å²) in [7, 11) is 1.43. The molecule has 1 unspecified atom stereocenters. The molecule has 4 heteroatoms. The summed E-state index contributed by atoms with van der Waals surface area (Å²) in [4.78, 5) is 14.3. The fourth-order valence-corrected chi connectivity index (χ4v) is 3.45. The maximum absolute atomic E-state index is 11.7. The van der Waals surface area contributed by atoms with E-state index >= 15 is 0 Å². The molecule has 3 saturated heterocycles. The molecule has 1 atom stereocenters. The van der Waals surface area contributed by atoms with Gasteiger partial charge in [-0.15, -0.1) is 0 Å². The molecule has 20 heavy (non-hydrogen) atoms. The molecule has 108 valence electrons. The number of hydrogen-bond donors (Lipinski definition) is 1. The Bertz CT molecular complexity index is 507. The zero-order valence-corrected chi connectivity index (χ0v) is 12.2. The lowest BCUT2D eigenvalue weighted by Crippen LogP contribution is -2.53. The zero-order chi connectivity index (χ0) is 14.1. The maximum Gasteiger partial charge on any atom is 0.338 e. The Hall–Kier alpha value is -1.55. The Kier molecular flexibility index (Phi) is 3.66. The van der Waals surface area contributed by atoms with Gasteiger partial charge in [-0.2, -0.15) is 0 Å². The lowest BCUT2D eigenvalue weighted by Gasteiger charge is -2.45. The van der Waals surface area contributed by atoms with Crippen LogP contribution in [0.4, 0.5) is 5.69 Å². The molecule has 1 aromatic carbocycles. The second-order valence-corrected chi connectivity index (χ2v) is 5.86. The van der Waals surface area contributed by atoms with Crippen molar-refractivity contribution in [3.63, 3.8) is 0 Å². The van der Waals surface area contributed by atoms with Gasteiger partial charge in [0.15, 0.2) is 0 Å². The number of rotatable bonds is 3. The van der Waals surface area contributed by atoms with Crippen molar-refractivity contribution < 1.29 is 9.53 Å². The van der Waals surface area contributed by atoms with Crippen molar-refractivity contribution in [2.24, 2.45) is 5.92 Å². The number of piperidine rings is 3. The highest BCUT2D eigenvalue weighted by molar-refractivity contribution is 5.92. The molecule has 2 bridgehead atoms. The average Bonchev–Trinajstić information content (AvgIpc) is 2.50. The minimum Gasteiger partial charge on any atom is -0.465 e. The number of anilines is 1. The van der Waals surface area contributed by atoms with Crippen LogP contribution in [0.1, 0.15) is 28.8 Å². The Balaban J connectivity index is 1.79. The number of carbonyl (C=O) groups is 1. The molecular weight excluding hydrogens is 252 g/mol. The van der Waals surface area contributed by atoms with Gasteiger partial charge in [0.25, 0.3) is 0 Å². The molecule has 0 aliphatic carbocycles. The van der Waals surface area contributed by atoms with Gasteiger partial charge in [0.1, 0.15) is 0 Å². The van der Waals surface area contributed by atoms with Crippen LogP contribution < -0.4 is 5.32 Å². The summed E-state index contributed by atoms with van der Waals surface area (Å²) in [5, 5.41) is 3.65. The van der Waals surface area contributed by atoms with Crippen molar-refractivity contribution in [2.75, 3.05) is 32.1 Å². The van der Waals surface area contributed by atoms with Gasteiger partial charge in [-0.25, -0.2) is 4.79 Å². The van der Waals surface area contributed by atoms with Gasteiger partial charge >= 0.3 is 5.97 Å². The van der Waals surface area contributed by atoms with Crippen LogP contribution in [0.15, 0.2) is 18.2 Å². The van der Waals surface area contributed by atoms with Crippen molar-refractivity contribution in [3.05, 3.63) is 29.3 Å². The molecule has 0 aromatic heterocycles. The van der Waals surface area contributed by atoms with E-state index in [0.29, 0.717) is 11.6 Å². The van der Waals surface area contributed by atoms with Gasteiger partial charge in [0.05, 0.1) is 12.7 Å². The molecule has 3 aliphatic rings. The van der Waals surface area contributed by atoms with E-state index in [1.165, 1.54) is 33.0 Å². The topological polar surface area (TPSA) is 41.6 Å². The van der Waals surface area contributed by atoms with Crippen LogP contribution in [0.25, 0.3) is 0 Å². The number of methoxy groups -OCH3 is 1. The van der Waals surface area contributed by atoms with Crippen LogP contribution in [0, 0.1) is 12.8 Å². The predicted octanol–water partition coefficient (Wildman–Crippen LogP) is 2.29. The Morgan fingerprint density at radius 1 is 1.35 bits per heavy atom. The normalized spacial score (nSPS) is 28.2. The summed E-state index contributed by atoms with van der Waals surface area (Å²) in [5.41, 5.74) is 2.70. The summed E-state index contributed by atoms with van der Waals surface area (Å²) >= 11 is 0. The monoisotopic (exact) mass is 274 g/mol. The third kappa shape index (κ3) is 2.40. The molecule has 1 aromatic rings. The summed E-state index contributed by atoms with van der Waals surface area (Å²) in [5.74, 6) is 0.501. The molecule has 0 saturated carbocycles. The summed E-state index contributed by atoms with van der Waals surface area (Å²) < 4.78 is 4.84. The van der Waals surface area contributed by atoms with E-state index in [1.807, 2.05) is 19.1 Å². The first-order valence-electron chi connectivity index (χ1n) is 7.36. The van der Waals surface area contributed by atoms with Crippen molar-refractivity contribution in [2.45, 2.75) is 25.8 Å². The van der Waals surface area contributed by atoms with Crippen LogP contribution in [0.3, 0.4) is 0 Å². The lowest BCUT2D eigenvalue weighted by atomic mass is 9.84. The number of nitrogens with zero attached hydrogens (tertiary/aromatic N) is 1. The van der Waals surface area contributed by atoms with Gasteiger partial charge in [0, 0.05) is 18.3 Å². The number of benzene rings is 1. The highest BCUT2D eigenvalue weighted by Crippen LogP contribution is 2.31. The molecule has 4 nitrogen and oxygen atoms in total. The lowest BCUT2D eigenvalue weighted by molar-refractivity contribution is 0.0600. The second-order valence-electron chi connectivity index (χ2n) is 5.86. The Labute approximate surface area is 120 Å². The minimum absolute atomic E-state index is 0.264. The Morgan fingerprint density at radius 2 is 2.10 bits per heavy atom. The van der Waals surface area contributed by atoms with Crippen LogP contribution >= 0.6 is 0 Å². The average molecular weight is 274 g/mol. The number of hydrogen-bond acceptors (Lipinski definition) is 4. The molecule has 0 spiro atoms. The van der Waals surface area contributed by atoms with E-state index in [9.17, 15) is 4.79 Å². The van der Waals surface area contributed by atoms with Crippen molar-refractivity contribution in [1.29, 1.82) is 0 Å². The van der Waals surface area contributed by atoms with Crippen LogP contribution in [-0.4, -0.2) is 43.7 Å². The highest BCUT2D eigenvalue weighted by Gasteiger charge is 2.34. The number of ether oxygens (including phenoxy) is 1. The van der Waals surface area contributed by atoms with Crippen molar-refractivity contribution in [1.82, 2.24) is 4.90 Å². The van der Waals surface area contributed by atoms with Crippen LogP contribution in [0.2, 0.25) is 0 Å². The SMILES string of the molecule is COC(=O)c1cccc(NC2CN3CCC2CC3)c1C. The quantitative estimate of drug-likeness (QED) is 0.859. The van der Waals surface area contributed by atoms with E-state index in [0.717, 1.165) is 23.7 Å². The fourth-order valence-electron chi connectivity index (χ4n) is 3.45. The molecule has 3 heterocycles. The predicted molar refractivity (Wildman–Crippen MR) is 79.1 cm³/mol. The summed E-state index contributed by atoms with van der Waals surface area (Å²) in [6.45, 7) is 5.58. The molecular formula is C16H22N2O2. The third-order valence-corrected chi connectivity index (χ3v) is 4.74. The van der Waals surface area contributed by atoms with Gasteiger partial charge in [-0.3, -0.25) is 0 Å². The van der Waals surface area contributed by atoms with E-state index < -0.39 is 0 Å². The fraction of sp³-hybridized carbons (Fsp3) is 0.562. The van der Waals surface area contributed by atoms with Crippen LogP contribution in [-0.2, 0) is 4.74 Å². The Morgan fingerprint density at radius 3 is 2.70 bits per heavy atom. The number of nitrogens with one attached hydrogen (secondary N) is 1. The molecule has 3 aliphatic heterocycles. The standard InChI is InChI=1S/C16H22N2O2/c1-11-13(16(19)20-2)4-3-5-14(11)17-15-10-18-8-6-12(15)7-9-18/h3-5,12,15,17H,6-10H2,1-2H3. The van der Waals surface area contributed by atoms with Crippen LogP contribution in [0.5, 0.6) is 0 Å². The van der Waals surface area contributed by atoms with Crippen molar-refractivity contribution in [3.8, 4) is 0 Å². The first-order chi connectivity index (χ1) is 9.69. The zero-order valence-electron chi connectivity index (χ0n) is 12.2. The first-order valence-corrected chi connectivity index (χ1v) is 7.36. The van der Waals surface area contributed by atoms with Gasteiger partial charge in [-0.05, 0) is 56.5 Å². The molecule has 3 fully saturated rings. The largest absolute Gasteiger partial charge is 0.465 e. The molecule has 4 rings (SSSR count). The van der Waals surface area contributed by atoms with E-state index in [1.54, 1.807) is 0 Å². The van der Waals surface area contributed by atoms with Gasteiger partial charge in [0.2, 0.25) is 0 Å². The molecule has 0 radical (unpaired) electrons. The van der Waals surface area contributed by atoms with E-state index in [-0.39, 0.29) is 5.97 Å². The number of carbonyl (C=O) groups excluding carboxylic acids is 1. The number of fused-ring (bicyclic) bond motifs is 3. The third-order valence-electron chi connectivity index (χ3n) is 4.74. The van der Waals surface area contributed by atoms with Gasteiger partial charge in [-0.1, -0.05) is 6.07 Å². The second kappa shape index (κ2) is 5.44.